The number of carbonyl (C=O) groups is 1. The van der Waals surface area contributed by atoms with Gasteiger partial charge in [0.25, 0.3) is 0 Å². The van der Waals surface area contributed by atoms with Crippen LogP contribution in [-0.2, 0) is 10.8 Å². The smallest absolute Gasteiger partial charge is 0.175 e. The van der Waals surface area contributed by atoms with Crippen molar-refractivity contribution in [3.63, 3.8) is 0 Å². The maximum atomic E-state index is 11.8. The maximum Gasteiger partial charge on any atom is 0.175 e. The van der Waals surface area contributed by atoms with E-state index in [4.69, 9.17) is 0 Å². The molecule has 0 radical (unpaired) electrons. The van der Waals surface area contributed by atoms with Crippen LogP contribution in [0.1, 0.15) is 29.8 Å². The van der Waals surface area contributed by atoms with Crippen molar-refractivity contribution >= 4 is 16.6 Å². The molecule has 3 heteroatoms. The second-order valence-electron chi connectivity index (χ2n) is 4.44. The van der Waals surface area contributed by atoms with Gasteiger partial charge in [0.1, 0.15) is 0 Å². The van der Waals surface area contributed by atoms with E-state index < -0.39 is 10.8 Å². The van der Waals surface area contributed by atoms with Crippen LogP contribution < -0.4 is 0 Å². The van der Waals surface area contributed by atoms with Gasteiger partial charge >= 0.3 is 0 Å². The number of hydrogen-bond acceptors (Lipinski definition) is 2. The number of Topliss-reactive ketones (excluding diaryl/α,β-unsaturated/α-hetero) is 1. The Hall–Kier alpha value is -0.960. The zero-order valence-corrected chi connectivity index (χ0v) is 10.8. The first-order valence-corrected chi connectivity index (χ1v) is 6.92. The minimum Gasteiger partial charge on any atom is -0.293 e. The molecule has 0 amide bonds. The molecular weight excluding hydrogens is 220 g/mol. The standard InChI is InChI=1S/C13H18O2S/c1-10(2)8-16(15)9-13(14)12-6-4-5-11(3)7-12/h4-7,10H,8-9H2,1-3H3. The molecule has 0 aliphatic rings. The lowest BCUT2D eigenvalue weighted by molar-refractivity contribution is 0.102. The Balaban J connectivity index is 2.62. The Labute approximate surface area is 99.5 Å². The molecule has 1 rings (SSSR count). The SMILES string of the molecule is Cc1cccc(C(=O)CS(=O)CC(C)C)c1. The van der Waals surface area contributed by atoms with Gasteiger partial charge in [0.15, 0.2) is 5.78 Å². The second-order valence-corrected chi connectivity index (χ2v) is 5.94. The van der Waals surface area contributed by atoms with Crippen molar-refractivity contribution in [2.45, 2.75) is 20.8 Å². The average molecular weight is 238 g/mol. The van der Waals surface area contributed by atoms with Crippen molar-refractivity contribution in [2.75, 3.05) is 11.5 Å². The lowest BCUT2D eigenvalue weighted by atomic mass is 10.1. The van der Waals surface area contributed by atoms with Crippen LogP contribution in [0.2, 0.25) is 0 Å². The van der Waals surface area contributed by atoms with Crippen molar-refractivity contribution < 1.29 is 9.00 Å². The third-order valence-electron chi connectivity index (χ3n) is 2.15. The van der Waals surface area contributed by atoms with Crippen LogP contribution in [-0.4, -0.2) is 21.5 Å². The molecule has 0 aliphatic carbocycles. The van der Waals surface area contributed by atoms with Crippen LogP contribution in [0, 0.1) is 12.8 Å². The number of benzene rings is 1. The van der Waals surface area contributed by atoms with Crippen LogP contribution >= 0.6 is 0 Å². The van der Waals surface area contributed by atoms with Crippen molar-refractivity contribution in [2.24, 2.45) is 5.92 Å². The highest BCUT2D eigenvalue weighted by Crippen LogP contribution is 2.06. The summed E-state index contributed by atoms with van der Waals surface area (Å²) in [6.45, 7) is 5.96. The summed E-state index contributed by atoms with van der Waals surface area (Å²) < 4.78 is 11.6. The average Bonchev–Trinajstić information content (AvgIpc) is 2.16. The largest absolute Gasteiger partial charge is 0.293 e. The van der Waals surface area contributed by atoms with Gasteiger partial charge in [-0.2, -0.15) is 0 Å². The molecule has 2 nitrogen and oxygen atoms in total. The Morgan fingerprint density at radius 2 is 2.06 bits per heavy atom. The van der Waals surface area contributed by atoms with Crippen LogP contribution in [0.25, 0.3) is 0 Å². The Morgan fingerprint density at radius 1 is 1.38 bits per heavy atom. The molecule has 0 aromatic heterocycles. The Morgan fingerprint density at radius 3 is 2.62 bits per heavy atom. The van der Waals surface area contributed by atoms with Crippen molar-refractivity contribution in [1.29, 1.82) is 0 Å². The first-order chi connectivity index (χ1) is 7.49. The third kappa shape index (κ3) is 4.27. The summed E-state index contributed by atoms with van der Waals surface area (Å²) in [6.07, 6.45) is 0. The van der Waals surface area contributed by atoms with E-state index in [2.05, 4.69) is 0 Å². The van der Waals surface area contributed by atoms with E-state index in [-0.39, 0.29) is 11.5 Å². The molecule has 0 fully saturated rings. The van der Waals surface area contributed by atoms with Gasteiger partial charge in [-0.05, 0) is 18.9 Å². The van der Waals surface area contributed by atoms with Crippen molar-refractivity contribution in [3.05, 3.63) is 35.4 Å². The van der Waals surface area contributed by atoms with Gasteiger partial charge in [0, 0.05) is 22.1 Å². The molecule has 1 atom stereocenters. The van der Waals surface area contributed by atoms with Crippen LogP contribution in [0.15, 0.2) is 24.3 Å². The van der Waals surface area contributed by atoms with Crippen molar-refractivity contribution in [3.8, 4) is 0 Å². The zero-order chi connectivity index (χ0) is 12.1. The molecule has 1 unspecified atom stereocenters. The summed E-state index contributed by atoms with van der Waals surface area (Å²) >= 11 is 0. The van der Waals surface area contributed by atoms with Crippen molar-refractivity contribution in [1.82, 2.24) is 0 Å². The van der Waals surface area contributed by atoms with E-state index >= 15 is 0 Å². The summed E-state index contributed by atoms with van der Waals surface area (Å²) in [6, 6.07) is 7.42. The highest BCUT2D eigenvalue weighted by Gasteiger charge is 2.11. The Bertz CT molecular complexity index is 397. The van der Waals surface area contributed by atoms with Gasteiger partial charge in [-0.25, -0.2) is 0 Å². The third-order valence-corrected chi connectivity index (χ3v) is 3.77. The number of rotatable bonds is 5. The van der Waals surface area contributed by atoms with Crippen LogP contribution in [0.5, 0.6) is 0 Å². The molecule has 1 aromatic rings. The summed E-state index contributed by atoms with van der Waals surface area (Å²) in [5.41, 5.74) is 1.72. The van der Waals surface area contributed by atoms with E-state index in [0.29, 0.717) is 17.2 Å². The van der Waals surface area contributed by atoms with Gasteiger partial charge in [0.05, 0.1) is 5.75 Å². The highest BCUT2D eigenvalue weighted by molar-refractivity contribution is 7.85. The number of carbonyl (C=O) groups excluding carboxylic acids is 1. The van der Waals surface area contributed by atoms with E-state index in [0.717, 1.165) is 5.56 Å². The quantitative estimate of drug-likeness (QED) is 0.739. The molecule has 0 heterocycles. The van der Waals surface area contributed by atoms with E-state index in [9.17, 15) is 9.00 Å². The molecule has 0 N–H and O–H groups in total. The lowest BCUT2D eigenvalue weighted by Gasteiger charge is -2.05. The van der Waals surface area contributed by atoms with Gasteiger partial charge in [-0.3, -0.25) is 9.00 Å². The second kappa shape index (κ2) is 5.94. The van der Waals surface area contributed by atoms with E-state index in [1.165, 1.54) is 0 Å². The number of ketones is 1. The fraction of sp³-hybridized carbons (Fsp3) is 0.462. The van der Waals surface area contributed by atoms with Gasteiger partial charge in [-0.15, -0.1) is 0 Å². The minimum absolute atomic E-state index is 0.0253. The Kier molecular flexibility index (Phi) is 4.87. The summed E-state index contributed by atoms with van der Waals surface area (Å²) in [5, 5.41) is 0. The van der Waals surface area contributed by atoms with Gasteiger partial charge in [0.2, 0.25) is 0 Å². The molecule has 0 bridgehead atoms. The van der Waals surface area contributed by atoms with E-state index in [1.807, 2.05) is 39.0 Å². The molecular formula is C13H18O2S. The van der Waals surface area contributed by atoms with Gasteiger partial charge in [-0.1, -0.05) is 37.6 Å². The lowest BCUT2D eigenvalue weighted by Crippen LogP contribution is -2.15. The monoisotopic (exact) mass is 238 g/mol. The summed E-state index contributed by atoms with van der Waals surface area (Å²) in [7, 11) is -1.04. The predicted octanol–water partition coefficient (Wildman–Crippen LogP) is 2.58. The molecule has 1 aromatic carbocycles. The summed E-state index contributed by atoms with van der Waals surface area (Å²) in [4.78, 5) is 11.8. The fourth-order valence-corrected chi connectivity index (χ4v) is 2.80. The molecule has 0 saturated heterocycles. The fourth-order valence-electron chi connectivity index (χ4n) is 1.48. The molecule has 0 saturated carbocycles. The molecule has 16 heavy (non-hydrogen) atoms. The molecule has 0 spiro atoms. The zero-order valence-electron chi connectivity index (χ0n) is 10.0. The predicted molar refractivity (Wildman–Crippen MR) is 68.2 cm³/mol. The first kappa shape index (κ1) is 13.1. The van der Waals surface area contributed by atoms with Crippen LogP contribution in [0.3, 0.4) is 0 Å². The van der Waals surface area contributed by atoms with E-state index in [1.54, 1.807) is 6.07 Å². The van der Waals surface area contributed by atoms with Gasteiger partial charge < -0.3 is 0 Å². The number of aryl methyl sites for hydroxylation is 1. The maximum absolute atomic E-state index is 11.8. The minimum atomic E-state index is -1.04. The number of hydrogen-bond donors (Lipinski definition) is 0. The highest BCUT2D eigenvalue weighted by atomic mass is 32.2. The first-order valence-electron chi connectivity index (χ1n) is 5.44. The molecule has 0 aliphatic heterocycles. The normalized spacial score (nSPS) is 12.8. The topological polar surface area (TPSA) is 34.1 Å². The molecule has 88 valence electrons. The summed E-state index contributed by atoms with van der Waals surface area (Å²) in [5.74, 6) is 1.08. The van der Waals surface area contributed by atoms with Crippen LogP contribution in [0.4, 0.5) is 0 Å².